The quantitative estimate of drug-likeness (QED) is 0.353. The number of aliphatic imine (C=N–C) groups is 1. The normalized spacial score (nSPS) is 19.1. The van der Waals surface area contributed by atoms with Crippen molar-refractivity contribution in [1.29, 1.82) is 0 Å². The van der Waals surface area contributed by atoms with E-state index in [-0.39, 0.29) is 18.0 Å². The summed E-state index contributed by atoms with van der Waals surface area (Å²) >= 11 is 19.6. The van der Waals surface area contributed by atoms with Crippen LogP contribution in [0.2, 0.25) is 10.0 Å². The summed E-state index contributed by atoms with van der Waals surface area (Å²) in [5, 5.41) is 15.1. The summed E-state index contributed by atoms with van der Waals surface area (Å²) < 4.78 is 1.89. The van der Waals surface area contributed by atoms with Gasteiger partial charge in [0, 0.05) is 48.3 Å². The van der Waals surface area contributed by atoms with Crippen molar-refractivity contribution in [2.24, 2.45) is 4.99 Å². The molecule has 2 N–H and O–H groups in total. The summed E-state index contributed by atoms with van der Waals surface area (Å²) in [5.41, 5.74) is 3.60. The predicted octanol–water partition coefficient (Wildman–Crippen LogP) is 7.45. The van der Waals surface area contributed by atoms with Crippen LogP contribution in [0.3, 0.4) is 0 Å². The maximum Gasteiger partial charge on any atom is 0.127 e. The van der Waals surface area contributed by atoms with Crippen molar-refractivity contribution in [3.8, 4) is 5.75 Å². The van der Waals surface area contributed by atoms with E-state index < -0.39 is 0 Å². The molecule has 148 valence electrons. The zero-order valence-corrected chi connectivity index (χ0v) is 19.7. The van der Waals surface area contributed by atoms with Crippen LogP contribution in [0.15, 0.2) is 74.6 Å². The van der Waals surface area contributed by atoms with Gasteiger partial charge in [0.25, 0.3) is 0 Å². The molecule has 0 fully saturated rings. The van der Waals surface area contributed by atoms with Crippen LogP contribution in [0.5, 0.6) is 5.75 Å². The van der Waals surface area contributed by atoms with Crippen molar-refractivity contribution in [3.05, 3.63) is 96.3 Å². The summed E-state index contributed by atoms with van der Waals surface area (Å²) in [7, 11) is 0. The third kappa shape index (κ3) is 4.70. The molecule has 3 aromatic rings. The first-order valence-corrected chi connectivity index (χ1v) is 11.3. The molecule has 29 heavy (non-hydrogen) atoms. The molecule has 0 spiro atoms. The Morgan fingerprint density at radius 2 is 1.72 bits per heavy atom. The van der Waals surface area contributed by atoms with Crippen molar-refractivity contribution in [2.75, 3.05) is 0 Å². The molecule has 1 aliphatic heterocycles. The molecule has 0 amide bonds. The van der Waals surface area contributed by atoms with Crippen molar-refractivity contribution < 1.29 is 5.11 Å². The maximum atomic E-state index is 10.5. The van der Waals surface area contributed by atoms with Gasteiger partial charge in [-0.15, -0.1) is 0 Å². The third-order valence-corrected chi connectivity index (χ3v) is 6.37. The summed E-state index contributed by atoms with van der Waals surface area (Å²) in [6.45, 7) is 0. The highest BCUT2D eigenvalue weighted by Crippen LogP contribution is 2.37. The predicted molar refractivity (Wildman–Crippen MR) is 126 cm³/mol. The van der Waals surface area contributed by atoms with Crippen LogP contribution in [-0.4, -0.2) is 10.8 Å². The van der Waals surface area contributed by atoms with Gasteiger partial charge < -0.3 is 5.11 Å². The summed E-state index contributed by atoms with van der Waals surface area (Å²) in [6.07, 6.45) is 0.258. The number of phenols is 1. The number of phenolic OH excluding ortho intramolecular Hbond substituents is 1. The van der Waals surface area contributed by atoms with Gasteiger partial charge in [-0.2, -0.15) is 0 Å². The van der Waals surface area contributed by atoms with Gasteiger partial charge in [-0.05, 0) is 48.0 Å². The summed E-state index contributed by atoms with van der Waals surface area (Å²) in [4.78, 5) is 4.95. The second-order valence-corrected chi connectivity index (χ2v) is 9.46. The highest BCUT2D eigenvalue weighted by atomic mass is 79.9. The van der Waals surface area contributed by atoms with Crippen molar-refractivity contribution >= 4 is 60.8 Å². The minimum atomic E-state index is -0.370. The number of halogens is 4. The second-order valence-electron chi connectivity index (χ2n) is 6.78. The molecule has 0 aromatic heterocycles. The van der Waals surface area contributed by atoms with Crippen LogP contribution < -0.4 is 5.32 Å². The Morgan fingerprint density at radius 1 is 0.931 bits per heavy atom. The maximum absolute atomic E-state index is 10.5. The van der Waals surface area contributed by atoms with Crippen molar-refractivity contribution in [1.82, 2.24) is 5.32 Å². The lowest BCUT2D eigenvalue weighted by atomic mass is 9.93. The van der Waals surface area contributed by atoms with E-state index >= 15 is 0 Å². The molecular formula is C22H16Br2Cl2N2O. The molecule has 2 atom stereocenters. The zero-order chi connectivity index (χ0) is 20.5. The number of hydrogen-bond donors (Lipinski definition) is 2. The van der Waals surface area contributed by atoms with E-state index in [1.54, 1.807) is 18.2 Å². The van der Waals surface area contributed by atoms with Crippen LogP contribution in [0, 0.1) is 0 Å². The smallest absolute Gasteiger partial charge is 0.127 e. The lowest BCUT2D eigenvalue weighted by molar-refractivity contribution is 0.412. The Bertz CT molecular complexity index is 1100. The minimum absolute atomic E-state index is 0.143. The molecule has 3 aromatic carbocycles. The van der Waals surface area contributed by atoms with Crippen molar-refractivity contribution in [3.63, 3.8) is 0 Å². The van der Waals surface area contributed by atoms with Gasteiger partial charge in [0.15, 0.2) is 0 Å². The fourth-order valence-electron chi connectivity index (χ4n) is 3.44. The monoisotopic (exact) mass is 552 g/mol. The first-order valence-electron chi connectivity index (χ1n) is 8.93. The van der Waals surface area contributed by atoms with E-state index in [2.05, 4.69) is 37.2 Å². The van der Waals surface area contributed by atoms with Gasteiger partial charge in [0.05, 0.1) is 0 Å². The molecule has 0 radical (unpaired) electrons. The molecule has 4 rings (SSSR count). The topological polar surface area (TPSA) is 44.6 Å². The van der Waals surface area contributed by atoms with E-state index in [9.17, 15) is 5.11 Å². The van der Waals surface area contributed by atoms with Gasteiger partial charge in [-0.3, -0.25) is 10.3 Å². The van der Waals surface area contributed by atoms with Crippen molar-refractivity contribution in [2.45, 2.75) is 18.6 Å². The van der Waals surface area contributed by atoms with Crippen LogP contribution in [0.4, 0.5) is 0 Å². The Balaban J connectivity index is 1.81. The number of rotatable bonds is 3. The molecule has 0 bridgehead atoms. The van der Waals surface area contributed by atoms with Crippen LogP contribution in [0.1, 0.15) is 35.3 Å². The van der Waals surface area contributed by atoms with E-state index in [1.165, 1.54) is 0 Å². The molecule has 0 unspecified atom stereocenters. The van der Waals surface area contributed by atoms with E-state index in [0.717, 1.165) is 31.3 Å². The number of hydrogen-bond acceptors (Lipinski definition) is 3. The van der Waals surface area contributed by atoms with Crippen LogP contribution in [-0.2, 0) is 0 Å². The van der Waals surface area contributed by atoms with E-state index in [1.807, 2.05) is 42.5 Å². The number of aromatic hydroxyl groups is 1. The minimum Gasteiger partial charge on any atom is -0.508 e. The molecule has 3 nitrogen and oxygen atoms in total. The fourth-order valence-corrected chi connectivity index (χ4v) is 4.73. The molecule has 1 heterocycles. The van der Waals surface area contributed by atoms with Crippen LogP contribution in [0.25, 0.3) is 0 Å². The highest BCUT2D eigenvalue weighted by molar-refractivity contribution is 9.10. The average molecular weight is 555 g/mol. The first kappa shape index (κ1) is 20.9. The second kappa shape index (κ2) is 8.78. The van der Waals surface area contributed by atoms with Crippen LogP contribution >= 0.6 is 55.1 Å². The van der Waals surface area contributed by atoms with Gasteiger partial charge in [-0.1, -0.05) is 73.3 Å². The van der Waals surface area contributed by atoms with E-state index in [0.29, 0.717) is 16.5 Å². The average Bonchev–Trinajstić information content (AvgIpc) is 2.69. The largest absolute Gasteiger partial charge is 0.508 e. The molecule has 0 saturated carbocycles. The molecule has 0 saturated heterocycles. The summed E-state index contributed by atoms with van der Waals surface area (Å²) in [6, 6.07) is 18.7. The molecule has 1 aliphatic rings. The SMILES string of the molecule is Oc1ccc(Br)cc1[C@@H]1CC(c2cccc(Br)c2)=N[C@H](c2ccc(Cl)cc2Cl)N1. The lowest BCUT2D eigenvalue weighted by Gasteiger charge is -2.31. The van der Waals surface area contributed by atoms with Gasteiger partial charge >= 0.3 is 0 Å². The third-order valence-electron chi connectivity index (χ3n) is 4.82. The number of benzene rings is 3. The molecule has 0 aliphatic carbocycles. The fraction of sp³-hybridized carbons (Fsp3) is 0.136. The zero-order valence-electron chi connectivity index (χ0n) is 15.0. The highest BCUT2D eigenvalue weighted by Gasteiger charge is 2.29. The summed E-state index contributed by atoms with van der Waals surface area (Å²) in [5.74, 6) is 0.238. The van der Waals surface area contributed by atoms with E-state index in [4.69, 9.17) is 28.2 Å². The standard InChI is InChI=1S/C22H16Br2Cl2N2O/c23-13-3-1-2-12(8-13)19-11-20(17-9-14(24)4-7-21(17)29)28-22(27-19)16-6-5-15(25)10-18(16)26/h1-10,20,22,28-29H,11H2/t20-,22-/m0/s1. The van der Waals surface area contributed by atoms with Gasteiger partial charge in [0.2, 0.25) is 0 Å². The Morgan fingerprint density at radius 3 is 2.48 bits per heavy atom. The number of nitrogens with one attached hydrogen (secondary N) is 1. The van der Waals surface area contributed by atoms with Gasteiger partial charge in [-0.25, -0.2) is 0 Å². The number of nitrogens with zero attached hydrogens (tertiary/aromatic N) is 1. The lowest BCUT2D eigenvalue weighted by Crippen LogP contribution is -2.33. The molecule has 7 heteroatoms. The Hall–Kier alpha value is -1.37. The van der Waals surface area contributed by atoms with Gasteiger partial charge in [0.1, 0.15) is 11.9 Å². The first-order chi connectivity index (χ1) is 13.9. The Kier molecular flexibility index (Phi) is 6.32. The Labute approximate surface area is 196 Å². The molecular weight excluding hydrogens is 539 g/mol.